The van der Waals surface area contributed by atoms with Gasteiger partial charge in [-0.2, -0.15) is 0 Å². The smallest absolute Gasteiger partial charge is 0.0521 e. The molecule has 3 heteroatoms. The van der Waals surface area contributed by atoms with Gasteiger partial charge in [0.2, 0.25) is 0 Å². The van der Waals surface area contributed by atoms with Crippen LogP contribution in [-0.4, -0.2) is 31.3 Å². The van der Waals surface area contributed by atoms with Gasteiger partial charge in [-0.25, -0.2) is 0 Å². The molecule has 0 unspecified atom stereocenters. The minimum Gasteiger partial charge on any atom is -0.381 e. The summed E-state index contributed by atoms with van der Waals surface area (Å²) in [7, 11) is 0. The van der Waals surface area contributed by atoms with Crippen LogP contribution >= 0.6 is 0 Å². The second-order valence-electron chi connectivity index (χ2n) is 5.34. The highest BCUT2D eigenvalue weighted by Crippen LogP contribution is 1.98. The molecule has 0 spiro atoms. The van der Waals surface area contributed by atoms with Crippen LogP contribution in [-0.2, 0) is 11.2 Å². The molecule has 0 aliphatic rings. The highest BCUT2D eigenvalue weighted by Gasteiger charge is 1.95. The van der Waals surface area contributed by atoms with Gasteiger partial charge in [-0.3, -0.25) is 4.98 Å². The number of nitrogens with one attached hydrogen (secondary N) is 1. The van der Waals surface area contributed by atoms with Crippen LogP contribution in [0.4, 0.5) is 0 Å². The third-order valence-corrected chi connectivity index (χ3v) is 2.92. The number of unbranched alkanes of at least 4 members (excludes halogenated alkanes) is 2. The molecule has 0 saturated carbocycles. The Hall–Kier alpha value is -0.930. The second kappa shape index (κ2) is 10.9. The summed E-state index contributed by atoms with van der Waals surface area (Å²) in [5, 5.41) is 3.46. The van der Waals surface area contributed by atoms with E-state index in [9.17, 15) is 0 Å². The van der Waals surface area contributed by atoms with E-state index in [4.69, 9.17) is 4.74 Å². The number of rotatable bonds is 11. The van der Waals surface area contributed by atoms with E-state index in [0.29, 0.717) is 0 Å². The van der Waals surface area contributed by atoms with Crippen LogP contribution in [0.1, 0.15) is 38.8 Å². The fourth-order valence-electron chi connectivity index (χ4n) is 1.85. The first-order valence-corrected chi connectivity index (χ1v) is 7.47. The summed E-state index contributed by atoms with van der Waals surface area (Å²) in [6.07, 6.45) is 6.40. The van der Waals surface area contributed by atoms with E-state index >= 15 is 0 Å². The van der Waals surface area contributed by atoms with Crippen molar-refractivity contribution in [3.05, 3.63) is 30.1 Å². The molecule has 3 nitrogen and oxygen atoms in total. The van der Waals surface area contributed by atoms with E-state index in [1.165, 1.54) is 12.8 Å². The van der Waals surface area contributed by atoms with Gasteiger partial charge in [-0.05, 0) is 50.4 Å². The Balaban J connectivity index is 1.81. The summed E-state index contributed by atoms with van der Waals surface area (Å²) in [6.45, 7) is 8.39. The maximum Gasteiger partial charge on any atom is 0.0521 e. The van der Waals surface area contributed by atoms with E-state index in [0.717, 1.165) is 50.8 Å². The van der Waals surface area contributed by atoms with Gasteiger partial charge in [0.05, 0.1) is 6.61 Å². The zero-order chi connectivity index (χ0) is 13.8. The van der Waals surface area contributed by atoms with Crippen LogP contribution in [0.2, 0.25) is 0 Å². The average Bonchev–Trinajstić information content (AvgIpc) is 2.42. The Kier molecular flexibility index (Phi) is 9.29. The first-order chi connectivity index (χ1) is 9.29. The Morgan fingerprint density at radius 3 is 2.79 bits per heavy atom. The summed E-state index contributed by atoms with van der Waals surface area (Å²) in [5.41, 5.74) is 1.11. The summed E-state index contributed by atoms with van der Waals surface area (Å²) < 4.78 is 5.62. The fourth-order valence-corrected chi connectivity index (χ4v) is 1.85. The monoisotopic (exact) mass is 264 g/mol. The largest absolute Gasteiger partial charge is 0.381 e. The molecule has 19 heavy (non-hydrogen) atoms. The third kappa shape index (κ3) is 9.62. The SMILES string of the molecule is CC(C)CNCCCCCOCCc1ccccn1. The van der Waals surface area contributed by atoms with E-state index < -0.39 is 0 Å². The molecular weight excluding hydrogens is 236 g/mol. The van der Waals surface area contributed by atoms with Crippen molar-refractivity contribution in [3.8, 4) is 0 Å². The molecule has 0 radical (unpaired) electrons. The quantitative estimate of drug-likeness (QED) is 0.624. The Bertz CT molecular complexity index is 301. The molecule has 0 saturated heterocycles. The molecule has 108 valence electrons. The topological polar surface area (TPSA) is 34.1 Å². The lowest BCUT2D eigenvalue weighted by atomic mass is 10.2. The van der Waals surface area contributed by atoms with Crippen LogP contribution < -0.4 is 5.32 Å². The first kappa shape index (κ1) is 16.1. The molecule has 0 fully saturated rings. The van der Waals surface area contributed by atoms with Gasteiger partial charge in [0, 0.05) is 24.9 Å². The van der Waals surface area contributed by atoms with E-state index in [1.807, 2.05) is 24.4 Å². The Morgan fingerprint density at radius 2 is 2.05 bits per heavy atom. The van der Waals surface area contributed by atoms with Crippen LogP contribution in [0.15, 0.2) is 24.4 Å². The molecule has 1 rings (SSSR count). The molecule has 0 aliphatic heterocycles. The zero-order valence-electron chi connectivity index (χ0n) is 12.4. The molecule has 0 aliphatic carbocycles. The Labute approximate surface area is 117 Å². The maximum atomic E-state index is 5.62. The molecule has 1 heterocycles. The summed E-state index contributed by atoms with van der Waals surface area (Å²) in [4.78, 5) is 4.27. The normalized spacial score (nSPS) is 11.1. The maximum absolute atomic E-state index is 5.62. The molecule has 1 aromatic heterocycles. The van der Waals surface area contributed by atoms with Crippen molar-refractivity contribution in [3.63, 3.8) is 0 Å². The van der Waals surface area contributed by atoms with Gasteiger partial charge in [-0.1, -0.05) is 19.9 Å². The van der Waals surface area contributed by atoms with E-state index in [1.54, 1.807) is 0 Å². The van der Waals surface area contributed by atoms with Crippen LogP contribution in [0.25, 0.3) is 0 Å². The minimum absolute atomic E-state index is 0.745. The number of aromatic nitrogens is 1. The lowest BCUT2D eigenvalue weighted by Gasteiger charge is -2.07. The van der Waals surface area contributed by atoms with E-state index in [-0.39, 0.29) is 0 Å². The van der Waals surface area contributed by atoms with Crippen molar-refractivity contribution < 1.29 is 4.74 Å². The predicted octanol–water partition coefficient (Wildman–Crippen LogP) is 3.06. The van der Waals surface area contributed by atoms with Crippen molar-refractivity contribution in [2.75, 3.05) is 26.3 Å². The average molecular weight is 264 g/mol. The van der Waals surface area contributed by atoms with Crippen LogP contribution in [0, 0.1) is 5.92 Å². The van der Waals surface area contributed by atoms with Crippen molar-refractivity contribution in [2.45, 2.75) is 39.5 Å². The van der Waals surface area contributed by atoms with Crippen LogP contribution in [0.5, 0.6) is 0 Å². The zero-order valence-corrected chi connectivity index (χ0v) is 12.4. The lowest BCUT2D eigenvalue weighted by molar-refractivity contribution is 0.132. The molecule has 0 aromatic carbocycles. The van der Waals surface area contributed by atoms with Gasteiger partial charge in [0.15, 0.2) is 0 Å². The fraction of sp³-hybridized carbons (Fsp3) is 0.688. The van der Waals surface area contributed by atoms with Gasteiger partial charge >= 0.3 is 0 Å². The number of ether oxygens (including phenoxy) is 1. The summed E-state index contributed by atoms with van der Waals surface area (Å²) in [5.74, 6) is 0.745. The van der Waals surface area contributed by atoms with Gasteiger partial charge in [-0.15, -0.1) is 0 Å². The number of pyridine rings is 1. The molecule has 0 amide bonds. The molecule has 0 atom stereocenters. The van der Waals surface area contributed by atoms with Crippen molar-refractivity contribution in [1.29, 1.82) is 0 Å². The Morgan fingerprint density at radius 1 is 1.16 bits per heavy atom. The molecular formula is C16H28N2O. The summed E-state index contributed by atoms with van der Waals surface area (Å²) >= 11 is 0. The standard InChI is InChI=1S/C16H28N2O/c1-15(2)14-17-10-5-3-7-12-19-13-9-16-8-4-6-11-18-16/h4,6,8,11,15,17H,3,5,7,9-10,12-14H2,1-2H3. The number of nitrogens with zero attached hydrogens (tertiary/aromatic N) is 1. The predicted molar refractivity (Wildman–Crippen MR) is 80.3 cm³/mol. The highest BCUT2D eigenvalue weighted by atomic mass is 16.5. The van der Waals surface area contributed by atoms with Crippen molar-refractivity contribution >= 4 is 0 Å². The van der Waals surface area contributed by atoms with E-state index in [2.05, 4.69) is 24.1 Å². The second-order valence-corrected chi connectivity index (χ2v) is 5.34. The minimum atomic E-state index is 0.745. The van der Waals surface area contributed by atoms with Gasteiger partial charge in [0.1, 0.15) is 0 Å². The number of hydrogen-bond donors (Lipinski definition) is 1. The van der Waals surface area contributed by atoms with Gasteiger partial charge in [0.25, 0.3) is 0 Å². The highest BCUT2D eigenvalue weighted by molar-refractivity contribution is 5.03. The van der Waals surface area contributed by atoms with Gasteiger partial charge < -0.3 is 10.1 Å². The molecule has 0 bridgehead atoms. The summed E-state index contributed by atoms with van der Waals surface area (Å²) in [6, 6.07) is 6.01. The van der Waals surface area contributed by atoms with Crippen molar-refractivity contribution in [2.24, 2.45) is 5.92 Å². The lowest BCUT2D eigenvalue weighted by Crippen LogP contribution is -2.20. The third-order valence-electron chi connectivity index (χ3n) is 2.92. The first-order valence-electron chi connectivity index (χ1n) is 7.47. The number of hydrogen-bond acceptors (Lipinski definition) is 3. The van der Waals surface area contributed by atoms with Crippen LogP contribution in [0.3, 0.4) is 0 Å². The molecule has 1 aromatic rings. The van der Waals surface area contributed by atoms with Crippen molar-refractivity contribution in [1.82, 2.24) is 10.3 Å². The molecule has 1 N–H and O–H groups in total.